The number of sulfone groups is 1. The Morgan fingerprint density at radius 3 is 2.65 bits per heavy atom. The summed E-state index contributed by atoms with van der Waals surface area (Å²) in [5, 5.41) is 7.17. The number of aromatic nitrogens is 3. The Morgan fingerprint density at radius 1 is 1.26 bits per heavy atom. The maximum atomic E-state index is 12.2. The Kier molecular flexibility index (Phi) is 4.70. The molecule has 2 heterocycles. The third-order valence-corrected chi connectivity index (χ3v) is 6.44. The molecule has 0 bridgehead atoms. The number of carbonyl (C=O) groups is 1. The van der Waals surface area contributed by atoms with Gasteiger partial charge in [-0.05, 0) is 26.2 Å². The lowest BCUT2D eigenvalue weighted by Gasteiger charge is -2.21. The average molecular weight is 340 g/mol. The van der Waals surface area contributed by atoms with Gasteiger partial charge in [0.25, 0.3) is 0 Å². The second-order valence-corrected chi connectivity index (χ2v) is 8.91. The van der Waals surface area contributed by atoms with Crippen LogP contribution in [0.5, 0.6) is 0 Å². The Morgan fingerprint density at radius 2 is 2.00 bits per heavy atom. The van der Waals surface area contributed by atoms with Crippen LogP contribution in [-0.2, 0) is 21.2 Å². The Balaban J connectivity index is 1.64. The largest absolute Gasteiger partial charge is 0.351 e. The number of amides is 1. The number of nitrogens with one attached hydrogen (secondary N) is 1. The molecule has 1 aromatic rings. The van der Waals surface area contributed by atoms with Gasteiger partial charge < -0.3 is 5.32 Å². The van der Waals surface area contributed by atoms with Crippen LogP contribution < -0.4 is 5.32 Å². The molecule has 1 aromatic heterocycles. The van der Waals surface area contributed by atoms with Crippen molar-refractivity contribution in [1.82, 2.24) is 20.1 Å². The van der Waals surface area contributed by atoms with E-state index in [9.17, 15) is 13.2 Å². The Bertz CT molecular complexity index is 677. The summed E-state index contributed by atoms with van der Waals surface area (Å²) in [5.41, 5.74) is 0. The maximum Gasteiger partial charge on any atom is 0.242 e. The highest BCUT2D eigenvalue weighted by atomic mass is 32.2. The number of carbonyl (C=O) groups excluding carboxylic acids is 1. The smallest absolute Gasteiger partial charge is 0.242 e. The molecule has 1 N–H and O–H groups in total. The van der Waals surface area contributed by atoms with Gasteiger partial charge in [0.1, 0.15) is 18.2 Å². The molecular formula is C15H24N4O3S. The molecule has 128 valence electrons. The van der Waals surface area contributed by atoms with E-state index in [-0.39, 0.29) is 30.0 Å². The number of nitrogens with zero attached hydrogens (tertiary/aromatic N) is 3. The molecule has 23 heavy (non-hydrogen) atoms. The summed E-state index contributed by atoms with van der Waals surface area (Å²) in [5.74, 6) is 1.98. The van der Waals surface area contributed by atoms with Gasteiger partial charge >= 0.3 is 0 Å². The van der Waals surface area contributed by atoms with Crippen LogP contribution >= 0.6 is 0 Å². The molecule has 2 aliphatic rings. The second-order valence-electron chi connectivity index (χ2n) is 6.68. The van der Waals surface area contributed by atoms with Gasteiger partial charge in [0.15, 0.2) is 9.84 Å². The molecule has 1 saturated carbocycles. The fourth-order valence-electron chi connectivity index (χ4n) is 3.57. The molecule has 0 unspecified atom stereocenters. The van der Waals surface area contributed by atoms with Gasteiger partial charge in [-0.3, -0.25) is 4.79 Å². The summed E-state index contributed by atoms with van der Waals surface area (Å²) >= 11 is 0. The van der Waals surface area contributed by atoms with E-state index in [1.54, 1.807) is 4.68 Å². The summed E-state index contributed by atoms with van der Waals surface area (Å²) in [6.45, 7) is 1.95. The van der Waals surface area contributed by atoms with Crippen molar-refractivity contribution in [3.63, 3.8) is 0 Å². The Hall–Kier alpha value is -1.44. The molecule has 0 radical (unpaired) electrons. The van der Waals surface area contributed by atoms with Gasteiger partial charge in [-0.2, -0.15) is 5.10 Å². The van der Waals surface area contributed by atoms with Crippen LogP contribution in [0.25, 0.3) is 0 Å². The first-order valence-electron chi connectivity index (χ1n) is 8.34. The minimum atomic E-state index is -2.98. The van der Waals surface area contributed by atoms with Crippen molar-refractivity contribution in [3.05, 3.63) is 11.6 Å². The predicted molar refractivity (Wildman–Crippen MR) is 85.8 cm³/mol. The monoisotopic (exact) mass is 340 g/mol. The van der Waals surface area contributed by atoms with Crippen molar-refractivity contribution < 1.29 is 13.2 Å². The molecule has 0 aromatic carbocycles. The Labute approximate surface area is 136 Å². The lowest BCUT2D eigenvalue weighted by Crippen LogP contribution is -2.38. The van der Waals surface area contributed by atoms with E-state index in [1.807, 2.05) is 6.92 Å². The highest BCUT2D eigenvalue weighted by Crippen LogP contribution is 2.31. The zero-order chi connectivity index (χ0) is 16.4. The van der Waals surface area contributed by atoms with E-state index in [1.165, 1.54) is 19.3 Å². The van der Waals surface area contributed by atoms with Gasteiger partial charge in [-0.25, -0.2) is 18.1 Å². The van der Waals surface area contributed by atoms with Crippen LogP contribution in [0, 0.1) is 6.92 Å². The lowest BCUT2D eigenvalue weighted by atomic mass is 9.89. The SMILES string of the molecule is Cc1nc(C2CCCCC2)n(CC(=O)N[C@H]2CCS(=O)(=O)C2)n1. The highest BCUT2D eigenvalue weighted by molar-refractivity contribution is 7.91. The highest BCUT2D eigenvalue weighted by Gasteiger charge is 2.29. The van der Waals surface area contributed by atoms with Gasteiger partial charge in [0.2, 0.25) is 5.91 Å². The van der Waals surface area contributed by atoms with Crippen LogP contribution in [0.2, 0.25) is 0 Å². The van der Waals surface area contributed by atoms with E-state index >= 15 is 0 Å². The zero-order valence-electron chi connectivity index (χ0n) is 13.5. The van der Waals surface area contributed by atoms with Crippen LogP contribution in [0.1, 0.15) is 56.1 Å². The van der Waals surface area contributed by atoms with Crippen molar-refractivity contribution in [2.24, 2.45) is 0 Å². The molecule has 1 aliphatic carbocycles. The molecule has 2 fully saturated rings. The predicted octanol–water partition coefficient (Wildman–Crippen LogP) is 0.938. The molecule has 1 amide bonds. The van der Waals surface area contributed by atoms with E-state index in [0.29, 0.717) is 18.2 Å². The number of hydrogen-bond donors (Lipinski definition) is 1. The molecule has 1 saturated heterocycles. The van der Waals surface area contributed by atoms with E-state index < -0.39 is 9.84 Å². The minimum Gasteiger partial charge on any atom is -0.351 e. The number of rotatable bonds is 4. The summed E-state index contributed by atoms with van der Waals surface area (Å²) in [4.78, 5) is 16.7. The third-order valence-electron chi connectivity index (χ3n) is 4.67. The van der Waals surface area contributed by atoms with Crippen LogP contribution in [-0.4, -0.2) is 46.6 Å². The van der Waals surface area contributed by atoms with Crippen LogP contribution in [0.4, 0.5) is 0 Å². The fraction of sp³-hybridized carbons (Fsp3) is 0.800. The summed E-state index contributed by atoms with van der Waals surface area (Å²) < 4.78 is 24.6. The first-order valence-corrected chi connectivity index (χ1v) is 10.2. The quantitative estimate of drug-likeness (QED) is 0.880. The normalized spacial score (nSPS) is 24.7. The molecule has 3 rings (SSSR count). The van der Waals surface area contributed by atoms with Gasteiger partial charge in [-0.15, -0.1) is 0 Å². The lowest BCUT2D eigenvalue weighted by molar-refractivity contribution is -0.122. The standard InChI is InChI=1S/C15H24N4O3S/c1-11-16-15(12-5-3-2-4-6-12)19(18-11)9-14(20)17-13-7-8-23(21,22)10-13/h12-13H,2-10H2,1H3,(H,17,20)/t13-/m0/s1. The first kappa shape index (κ1) is 16.4. The number of hydrogen-bond acceptors (Lipinski definition) is 5. The van der Waals surface area contributed by atoms with E-state index in [4.69, 9.17) is 0 Å². The van der Waals surface area contributed by atoms with Gasteiger partial charge in [-0.1, -0.05) is 19.3 Å². The van der Waals surface area contributed by atoms with Gasteiger partial charge in [0.05, 0.1) is 11.5 Å². The van der Waals surface area contributed by atoms with Crippen LogP contribution in [0.3, 0.4) is 0 Å². The molecular weight excluding hydrogens is 316 g/mol. The minimum absolute atomic E-state index is 0.0462. The van der Waals surface area contributed by atoms with Crippen molar-refractivity contribution in [3.8, 4) is 0 Å². The zero-order valence-corrected chi connectivity index (χ0v) is 14.3. The van der Waals surface area contributed by atoms with Crippen molar-refractivity contribution >= 4 is 15.7 Å². The van der Waals surface area contributed by atoms with E-state index in [2.05, 4.69) is 15.4 Å². The molecule has 1 aliphatic heterocycles. The van der Waals surface area contributed by atoms with Gasteiger partial charge in [0, 0.05) is 12.0 Å². The molecule has 8 heteroatoms. The first-order chi connectivity index (χ1) is 10.9. The van der Waals surface area contributed by atoms with Crippen LogP contribution in [0.15, 0.2) is 0 Å². The van der Waals surface area contributed by atoms with Crippen molar-refractivity contribution in [2.75, 3.05) is 11.5 Å². The molecule has 7 nitrogen and oxygen atoms in total. The summed E-state index contributed by atoms with van der Waals surface area (Å²) in [7, 11) is -2.98. The average Bonchev–Trinajstić information content (AvgIpc) is 3.02. The van der Waals surface area contributed by atoms with E-state index in [0.717, 1.165) is 18.7 Å². The van der Waals surface area contributed by atoms with Crippen molar-refractivity contribution in [2.45, 2.75) is 64.0 Å². The molecule has 0 spiro atoms. The third kappa shape index (κ3) is 4.10. The summed E-state index contributed by atoms with van der Waals surface area (Å²) in [6.07, 6.45) is 6.35. The maximum absolute atomic E-state index is 12.2. The number of aryl methyl sites for hydroxylation is 1. The molecule has 1 atom stereocenters. The topological polar surface area (TPSA) is 94.0 Å². The van der Waals surface area contributed by atoms with Crippen molar-refractivity contribution in [1.29, 1.82) is 0 Å². The second kappa shape index (κ2) is 6.59. The summed E-state index contributed by atoms with van der Waals surface area (Å²) in [6, 6.07) is -0.268. The fourth-order valence-corrected chi connectivity index (χ4v) is 5.24.